The average Bonchev–Trinajstić information content (AvgIpc) is 2.90. The van der Waals surface area contributed by atoms with Gasteiger partial charge in [0.1, 0.15) is 0 Å². The second-order valence-electron chi connectivity index (χ2n) is 6.02. The van der Waals surface area contributed by atoms with E-state index in [1.807, 2.05) is 11.8 Å². The van der Waals surface area contributed by atoms with Crippen molar-refractivity contribution >= 4 is 5.91 Å². The van der Waals surface area contributed by atoms with E-state index in [0.717, 1.165) is 38.2 Å². The third-order valence-electron chi connectivity index (χ3n) is 4.14. The van der Waals surface area contributed by atoms with Crippen LogP contribution in [0.4, 0.5) is 0 Å². The van der Waals surface area contributed by atoms with Crippen LogP contribution in [0, 0.1) is 5.92 Å². The Morgan fingerprint density at radius 1 is 1.57 bits per heavy atom. The van der Waals surface area contributed by atoms with Crippen molar-refractivity contribution in [2.45, 2.75) is 59.0 Å². The number of amides is 1. The molecule has 0 radical (unpaired) electrons. The van der Waals surface area contributed by atoms with Crippen LogP contribution < -0.4 is 5.32 Å². The van der Waals surface area contributed by atoms with Crippen LogP contribution in [-0.4, -0.2) is 40.1 Å². The summed E-state index contributed by atoms with van der Waals surface area (Å²) in [6.45, 7) is 9.59. The summed E-state index contributed by atoms with van der Waals surface area (Å²) in [5, 5.41) is 7.56. The van der Waals surface area contributed by atoms with Crippen LogP contribution in [0.25, 0.3) is 0 Å². The summed E-state index contributed by atoms with van der Waals surface area (Å²) in [6, 6.07) is 0.413. The van der Waals surface area contributed by atoms with Gasteiger partial charge in [0.25, 0.3) is 0 Å². The highest BCUT2D eigenvalue weighted by molar-refractivity contribution is 5.73. The highest BCUT2D eigenvalue weighted by atomic mass is 16.5. The van der Waals surface area contributed by atoms with Gasteiger partial charge in [-0.25, -0.2) is 0 Å². The van der Waals surface area contributed by atoms with Crippen molar-refractivity contribution in [3.05, 3.63) is 11.7 Å². The van der Waals surface area contributed by atoms with E-state index in [4.69, 9.17) is 4.52 Å². The Kier molecular flexibility index (Phi) is 5.33. The first-order valence-corrected chi connectivity index (χ1v) is 7.85. The van der Waals surface area contributed by atoms with Crippen molar-refractivity contribution in [2.24, 2.45) is 5.92 Å². The van der Waals surface area contributed by atoms with Crippen LogP contribution in [0.5, 0.6) is 0 Å². The molecule has 6 heteroatoms. The Morgan fingerprint density at radius 3 is 2.95 bits per heavy atom. The number of hydrogen-bond acceptors (Lipinski definition) is 5. The molecular weight excluding hydrogens is 268 g/mol. The Hall–Kier alpha value is -1.43. The fourth-order valence-electron chi connectivity index (χ4n) is 2.84. The Balaban J connectivity index is 1.90. The van der Waals surface area contributed by atoms with E-state index in [9.17, 15) is 4.79 Å². The van der Waals surface area contributed by atoms with Crippen molar-refractivity contribution in [1.29, 1.82) is 0 Å². The number of aryl methyl sites for hydroxylation is 1. The van der Waals surface area contributed by atoms with Crippen LogP contribution in [0.1, 0.15) is 58.3 Å². The number of aromatic nitrogens is 2. The molecule has 1 N–H and O–H groups in total. The summed E-state index contributed by atoms with van der Waals surface area (Å²) in [6.07, 6.45) is 2.83. The standard InChI is InChI=1S/C15H26N4O2/c1-5-6-14-17-15(21-18-14)11(3)16-13-7-8-19(12(4)20)9-10(13)2/h10-11,13,16H,5-9H2,1-4H3/t10-,11-,13-/m0/s1. The third-order valence-corrected chi connectivity index (χ3v) is 4.14. The largest absolute Gasteiger partial charge is 0.343 e. The zero-order valence-corrected chi connectivity index (χ0v) is 13.4. The minimum absolute atomic E-state index is 0.0411. The molecule has 0 saturated carbocycles. The molecular formula is C15H26N4O2. The van der Waals surface area contributed by atoms with Gasteiger partial charge in [0.05, 0.1) is 6.04 Å². The Morgan fingerprint density at radius 2 is 2.33 bits per heavy atom. The Bertz CT molecular complexity index is 474. The van der Waals surface area contributed by atoms with Gasteiger partial charge >= 0.3 is 0 Å². The summed E-state index contributed by atoms with van der Waals surface area (Å²) in [4.78, 5) is 17.8. The van der Waals surface area contributed by atoms with Gasteiger partial charge in [0.2, 0.25) is 11.8 Å². The number of piperidine rings is 1. The van der Waals surface area contributed by atoms with E-state index >= 15 is 0 Å². The molecule has 1 aliphatic rings. The first kappa shape index (κ1) is 15.9. The molecule has 1 amide bonds. The first-order valence-electron chi connectivity index (χ1n) is 7.85. The summed E-state index contributed by atoms with van der Waals surface area (Å²) >= 11 is 0. The normalized spacial score (nSPS) is 24.1. The summed E-state index contributed by atoms with van der Waals surface area (Å²) < 4.78 is 5.33. The molecule has 6 nitrogen and oxygen atoms in total. The van der Waals surface area contributed by atoms with E-state index in [1.54, 1.807) is 6.92 Å². The molecule has 118 valence electrons. The number of likely N-dealkylation sites (tertiary alicyclic amines) is 1. The molecule has 1 aliphatic heterocycles. The van der Waals surface area contributed by atoms with Crippen molar-refractivity contribution in [1.82, 2.24) is 20.4 Å². The molecule has 0 bridgehead atoms. The molecule has 21 heavy (non-hydrogen) atoms. The topological polar surface area (TPSA) is 71.3 Å². The highest BCUT2D eigenvalue weighted by Crippen LogP contribution is 2.20. The van der Waals surface area contributed by atoms with Gasteiger partial charge in [-0.1, -0.05) is 19.0 Å². The number of carbonyl (C=O) groups excluding carboxylic acids is 1. The van der Waals surface area contributed by atoms with E-state index in [-0.39, 0.29) is 11.9 Å². The number of rotatable bonds is 5. The molecule has 1 aromatic rings. The molecule has 2 rings (SSSR count). The molecule has 1 saturated heterocycles. The van der Waals surface area contributed by atoms with Crippen LogP contribution in [0.15, 0.2) is 4.52 Å². The fraction of sp³-hybridized carbons (Fsp3) is 0.800. The highest BCUT2D eigenvalue weighted by Gasteiger charge is 2.29. The van der Waals surface area contributed by atoms with Gasteiger partial charge in [-0.05, 0) is 25.7 Å². The van der Waals surface area contributed by atoms with Gasteiger partial charge in [-0.15, -0.1) is 0 Å². The molecule has 0 aromatic carbocycles. The van der Waals surface area contributed by atoms with Crippen molar-refractivity contribution in [3.8, 4) is 0 Å². The first-order chi connectivity index (χ1) is 10.0. The van der Waals surface area contributed by atoms with Gasteiger partial charge < -0.3 is 14.7 Å². The maximum atomic E-state index is 11.4. The lowest BCUT2D eigenvalue weighted by atomic mass is 9.93. The van der Waals surface area contributed by atoms with E-state index in [0.29, 0.717) is 17.9 Å². The smallest absolute Gasteiger partial charge is 0.243 e. The fourth-order valence-corrected chi connectivity index (χ4v) is 2.84. The molecule has 2 heterocycles. The molecule has 0 aliphatic carbocycles. The lowest BCUT2D eigenvalue weighted by Crippen LogP contribution is -2.50. The predicted octanol–water partition coefficient (Wildman–Crippen LogP) is 1.93. The van der Waals surface area contributed by atoms with Crippen molar-refractivity contribution < 1.29 is 9.32 Å². The molecule has 0 spiro atoms. The van der Waals surface area contributed by atoms with Gasteiger partial charge in [-0.2, -0.15) is 4.98 Å². The predicted molar refractivity (Wildman–Crippen MR) is 79.7 cm³/mol. The molecule has 1 fully saturated rings. The summed E-state index contributed by atoms with van der Waals surface area (Å²) in [7, 11) is 0. The van der Waals surface area contributed by atoms with Crippen LogP contribution >= 0.6 is 0 Å². The zero-order valence-electron chi connectivity index (χ0n) is 13.4. The zero-order chi connectivity index (χ0) is 15.4. The van der Waals surface area contributed by atoms with E-state index in [2.05, 4.69) is 29.3 Å². The number of carbonyl (C=O) groups is 1. The minimum atomic E-state index is 0.0411. The summed E-state index contributed by atoms with van der Waals surface area (Å²) in [5.74, 6) is 2.01. The minimum Gasteiger partial charge on any atom is -0.343 e. The molecule has 1 aromatic heterocycles. The quantitative estimate of drug-likeness (QED) is 0.898. The lowest BCUT2D eigenvalue weighted by molar-refractivity contribution is -0.130. The SMILES string of the molecule is CCCc1noc([C@H](C)N[C@H]2CCN(C(C)=O)C[C@@H]2C)n1. The monoisotopic (exact) mass is 294 g/mol. The van der Waals surface area contributed by atoms with Gasteiger partial charge in [-0.3, -0.25) is 4.79 Å². The van der Waals surface area contributed by atoms with Crippen LogP contribution in [0.3, 0.4) is 0 Å². The molecule has 3 atom stereocenters. The van der Waals surface area contributed by atoms with Crippen LogP contribution in [0.2, 0.25) is 0 Å². The maximum absolute atomic E-state index is 11.4. The second kappa shape index (κ2) is 7.02. The Labute approximate surface area is 126 Å². The van der Waals surface area contributed by atoms with Gasteiger partial charge in [0, 0.05) is 32.5 Å². The number of hydrogen-bond donors (Lipinski definition) is 1. The number of nitrogens with one attached hydrogen (secondary N) is 1. The molecule has 0 unspecified atom stereocenters. The average molecular weight is 294 g/mol. The lowest BCUT2D eigenvalue weighted by Gasteiger charge is -2.37. The van der Waals surface area contributed by atoms with Crippen molar-refractivity contribution in [2.75, 3.05) is 13.1 Å². The third kappa shape index (κ3) is 4.03. The van der Waals surface area contributed by atoms with Crippen LogP contribution in [-0.2, 0) is 11.2 Å². The number of nitrogens with zero attached hydrogens (tertiary/aromatic N) is 3. The maximum Gasteiger partial charge on any atom is 0.243 e. The van der Waals surface area contributed by atoms with E-state index in [1.165, 1.54) is 0 Å². The van der Waals surface area contributed by atoms with Gasteiger partial charge in [0.15, 0.2) is 5.82 Å². The van der Waals surface area contributed by atoms with E-state index < -0.39 is 0 Å². The summed E-state index contributed by atoms with van der Waals surface area (Å²) in [5.41, 5.74) is 0. The second-order valence-corrected chi connectivity index (χ2v) is 6.02. The van der Waals surface area contributed by atoms with Crippen molar-refractivity contribution in [3.63, 3.8) is 0 Å².